The minimum atomic E-state index is 0.424. The first-order valence-electron chi connectivity index (χ1n) is 10.7. The van der Waals surface area contributed by atoms with Gasteiger partial charge in [-0.15, -0.1) is 13.2 Å². The molecule has 1 aromatic heterocycles. The predicted octanol–water partition coefficient (Wildman–Crippen LogP) is 3.47. The lowest BCUT2D eigenvalue weighted by molar-refractivity contribution is -0.151. The third kappa shape index (κ3) is 4.93. The Balaban J connectivity index is 1.43. The van der Waals surface area contributed by atoms with E-state index < -0.39 is 0 Å². The molecule has 2 aliphatic rings. The van der Waals surface area contributed by atoms with Crippen LogP contribution in [0.25, 0.3) is 6.08 Å². The van der Waals surface area contributed by atoms with E-state index in [2.05, 4.69) is 67.7 Å². The van der Waals surface area contributed by atoms with Gasteiger partial charge in [0.1, 0.15) is 6.26 Å². The average Bonchev–Trinajstić information content (AvgIpc) is 2.85. The van der Waals surface area contributed by atoms with Crippen LogP contribution in [0.5, 0.6) is 5.75 Å². The number of rotatable bonds is 9. The van der Waals surface area contributed by atoms with Gasteiger partial charge in [0.05, 0.1) is 0 Å². The summed E-state index contributed by atoms with van der Waals surface area (Å²) in [5.74, 6) is 2.48. The summed E-state index contributed by atoms with van der Waals surface area (Å²) in [6.07, 6.45) is 9.01. The smallest absolute Gasteiger partial charge is 0.231 e. The van der Waals surface area contributed by atoms with Crippen LogP contribution in [0.1, 0.15) is 18.4 Å². The van der Waals surface area contributed by atoms with Crippen LogP contribution >= 0.6 is 0 Å². The van der Waals surface area contributed by atoms with Gasteiger partial charge in [-0.05, 0) is 37.1 Å². The number of hydrogen-bond acceptors (Lipinski definition) is 9. The van der Waals surface area contributed by atoms with Gasteiger partial charge >= 0.3 is 0 Å². The molecule has 32 heavy (non-hydrogen) atoms. The molecular formula is C23H29N7O2. The minimum absolute atomic E-state index is 0.424. The maximum Gasteiger partial charge on any atom is 0.231 e. The molecular weight excluding hydrogens is 406 g/mol. The van der Waals surface area contributed by atoms with E-state index in [1.807, 2.05) is 12.1 Å². The summed E-state index contributed by atoms with van der Waals surface area (Å²) >= 11 is 0. The molecule has 0 saturated carbocycles. The minimum Gasteiger partial charge on any atom is -0.371 e. The zero-order valence-electron chi connectivity index (χ0n) is 18.3. The normalized spacial score (nSPS) is 15.2. The van der Waals surface area contributed by atoms with E-state index in [1.165, 1.54) is 0 Å². The van der Waals surface area contributed by atoms with Crippen LogP contribution in [-0.4, -0.2) is 54.2 Å². The molecule has 0 unspecified atom stereocenters. The van der Waals surface area contributed by atoms with Crippen molar-refractivity contribution in [3.63, 3.8) is 0 Å². The topological polar surface area (TPSA) is 87.7 Å². The molecule has 0 spiro atoms. The maximum atomic E-state index is 5.18. The Kier molecular flexibility index (Phi) is 6.74. The van der Waals surface area contributed by atoms with E-state index in [0.29, 0.717) is 37.0 Å². The number of nitrogens with one attached hydrogen (secondary N) is 2. The first-order chi connectivity index (χ1) is 15.7. The molecule has 1 saturated heterocycles. The van der Waals surface area contributed by atoms with Gasteiger partial charge in [-0.2, -0.15) is 15.0 Å². The van der Waals surface area contributed by atoms with Gasteiger partial charge in [-0.3, -0.25) is 9.78 Å². The van der Waals surface area contributed by atoms with Gasteiger partial charge in [0.15, 0.2) is 5.75 Å². The van der Waals surface area contributed by atoms with Gasteiger partial charge < -0.3 is 20.4 Å². The van der Waals surface area contributed by atoms with Crippen molar-refractivity contribution in [2.45, 2.75) is 18.9 Å². The van der Waals surface area contributed by atoms with Crippen molar-refractivity contribution < 1.29 is 9.78 Å². The fourth-order valence-corrected chi connectivity index (χ4v) is 3.80. The van der Waals surface area contributed by atoms with E-state index in [4.69, 9.17) is 9.78 Å². The van der Waals surface area contributed by atoms with Crippen LogP contribution in [0, 0.1) is 0 Å². The van der Waals surface area contributed by atoms with Crippen LogP contribution in [-0.2, 0) is 4.89 Å². The first-order valence-corrected chi connectivity index (χ1v) is 10.7. The summed E-state index contributed by atoms with van der Waals surface area (Å²) in [5, 5.41) is 6.32. The Labute approximate surface area is 188 Å². The lowest BCUT2D eigenvalue weighted by Gasteiger charge is -2.38. The highest BCUT2D eigenvalue weighted by molar-refractivity contribution is 5.64. The van der Waals surface area contributed by atoms with E-state index >= 15 is 0 Å². The summed E-state index contributed by atoms with van der Waals surface area (Å²) in [6, 6.07) is 6.56. The Morgan fingerprint density at radius 3 is 2.44 bits per heavy atom. The quantitative estimate of drug-likeness (QED) is 0.454. The number of hydrogen-bond donors (Lipinski definition) is 2. The van der Waals surface area contributed by atoms with Crippen molar-refractivity contribution in [1.82, 2.24) is 15.0 Å². The molecule has 4 rings (SSSR count). The summed E-state index contributed by atoms with van der Waals surface area (Å²) in [6.45, 7) is 10.4. The fraction of sp³-hybridized carbons (Fsp3) is 0.348. The van der Waals surface area contributed by atoms with E-state index in [-0.39, 0.29) is 0 Å². The second kappa shape index (κ2) is 10.0. The van der Waals surface area contributed by atoms with E-state index in [9.17, 15) is 0 Å². The summed E-state index contributed by atoms with van der Waals surface area (Å²) in [7, 11) is 2.14. The zero-order chi connectivity index (χ0) is 22.3. The van der Waals surface area contributed by atoms with Gasteiger partial charge in [0.2, 0.25) is 17.8 Å². The maximum absolute atomic E-state index is 5.18. The van der Waals surface area contributed by atoms with Gasteiger partial charge in [0.25, 0.3) is 0 Å². The number of fused-ring (bicyclic) bond motifs is 1. The Morgan fingerprint density at radius 2 is 1.78 bits per heavy atom. The van der Waals surface area contributed by atoms with Crippen molar-refractivity contribution in [2.75, 3.05) is 53.7 Å². The SMILES string of the molecule is C=CCNc1nc(NCC=C)nc(N2CCC(N(C)c3ccc4c(c3)C=COO4)CC2)n1. The molecule has 0 amide bonds. The highest BCUT2D eigenvalue weighted by Gasteiger charge is 2.25. The molecule has 0 atom stereocenters. The lowest BCUT2D eigenvalue weighted by Crippen LogP contribution is -2.44. The third-order valence-electron chi connectivity index (χ3n) is 5.57. The second-order valence-electron chi connectivity index (χ2n) is 7.66. The largest absolute Gasteiger partial charge is 0.371 e. The molecule has 0 aliphatic carbocycles. The van der Waals surface area contributed by atoms with Gasteiger partial charge in [-0.25, -0.2) is 0 Å². The molecule has 0 radical (unpaired) electrons. The van der Waals surface area contributed by atoms with Crippen LogP contribution in [0.3, 0.4) is 0 Å². The number of aromatic nitrogens is 3. The summed E-state index contributed by atoms with van der Waals surface area (Å²) < 4.78 is 0. The van der Waals surface area contributed by atoms with Crippen molar-refractivity contribution in [2.24, 2.45) is 0 Å². The Hall–Kier alpha value is -3.75. The monoisotopic (exact) mass is 435 g/mol. The van der Waals surface area contributed by atoms with Crippen LogP contribution in [0.4, 0.5) is 23.5 Å². The molecule has 9 nitrogen and oxygen atoms in total. The number of nitrogens with zero attached hydrogens (tertiary/aromatic N) is 5. The average molecular weight is 436 g/mol. The van der Waals surface area contributed by atoms with E-state index in [1.54, 1.807) is 18.4 Å². The van der Waals surface area contributed by atoms with Crippen molar-refractivity contribution >= 4 is 29.6 Å². The Morgan fingerprint density at radius 1 is 1.09 bits per heavy atom. The van der Waals surface area contributed by atoms with Crippen LogP contribution in [0.15, 0.2) is 49.8 Å². The van der Waals surface area contributed by atoms with Gasteiger partial charge in [-0.1, -0.05) is 12.2 Å². The summed E-state index contributed by atoms with van der Waals surface area (Å²) in [5.41, 5.74) is 2.17. The Bertz CT molecular complexity index is 956. The van der Waals surface area contributed by atoms with Gasteiger partial charge in [0, 0.05) is 50.5 Å². The molecule has 2 aromatic rings. The van der Waals surface area contributed by atoms with Crippen molar-refractivity contribution in [3.8, 4) is 5.75 Å². The molecule has 0 bridgehead atoms. The number of benzene rings is 1. The highest BCUT2D eigenvalue weighted by Crippen LogP contribution is 2.31. The summed E-state index contributed by atoms with van der Waals surface area (Å²) in [4.78, 5) is 28.3. The molecule has 1 aromatic carbocycles. The molecule has 3 heterocycles. The van der Waals surface area contributed by atoms with Crippen LogP contribution < -0.4 is 25.3 Å². The van der Waals surface area contributed by atoms with Crippen LogP contribution in [0.2, 0.25) is 0 Å². The molecule has 1 fully saturated rings. The predicted molar refractivity (Wildman–Crippen MR) is 128 cm³/mol. The molecule has 9 heteroatoms. The van der Waals surface area contributed by atoms with E-state index in [0.717, 1.165) is 42.9 Å². The zero-order valence-corrected chi connectivity index (χ0v) is 18.3. The third-order valence-corrected chi connectivity index (χ3v) is 5.57. The lowest BCUT2D eigenvalue weighted by atomic mass is 10.0. The number of anilines is 4. The standard InChI is InChI=1S/C23H29N7O2/c1-4-11-24-21-26-22(25-12-5-2)28-23(27-21)30-13-8-18(9-14-30)29(3)19-6-7-20-17(16-19)10-15-31-32-20/h4-7,10,15-16,18H,1-2,8-9,11-14H2,3H3,(H2,24,25,26,27,28). The van der Waals surface area contributed by atoms with Crippen molar-refractivity contribution in [1.29, 1.82) is 0 Å². The fourth-order valence-electron chi connectivity index (χ4n) is 3.80. The molecule has 2 N–H and O–H groups in total. The first kappa shape index (κ1) is 21.5. The molecule has 168 valence electrons. The van der Waals surface area contributed by atoms with Crippen molar-refractivity contribution in [3.05, 3.63) is 55.3 Å². The second-order valence-corrected chi connectivity index (χ2v) is 7.66. The highest BCUT2D eigenvalue weighted by atomic mass is 17.2. The number of piperidine rings is 1. The molecule has 2 aliphatic heterocycles.